The Morgan fingerprint density at radius 1 is 1.05 bits per heavy atom. The lowest BCUT2D eigenvalue weighted by Gasteiger charge is -2.14. The number of hydrogen-bond donors (Lipinski definition) is 1. The standard InChI is InChI=1S/C17H15FN2O/c1-21-15-8-4-6-12(16(15)18)17(19)14-10-9-11-5-2-3-7-13(11)20-14/h2-10,17H,19H2,1H3. The highest BCUT2D eigenvalue weighted by molar-refractivity contribution is 5.78. The average molecular weight is 282 g/mol. The van der Waals surface area contributed by atoms with Crippen molar-refractivity contribution in [3.63, 3.8) is 0 Å². The molecule has 1 atom stereocenters. The van der Waals surface area contributed by atoms with Gasteiger partial charge in [-0.1, -0.05) is 36.4 Å². The molecule has 21 heavy (non-hydrogen) atoms. The van der Waals surface area contributed by atoms with E-state index in [4.69, 9.17) is 10.5 Å². The van der Waals surface area contributed by atoms with Crippen LogP contribution < -0.4 is 10.5 Å². The summed E-state index contributed by atoms with van der Waals surface area (Å²) in [6, 6.07) is 15.8. The van der Waals surface area contributed by atoms with Gasteiger partial charge in [0.25, 0.3) is 0 Å². The maximum absolute atomic E-state index is 14.3. The number of para-hydroxylation sites is 1. The fraction of sp³-hybridized carbons (Fsp3) is 0.118. The molecule has 0 aliphatic rings. The monoisotopic (exact) mass is 282 g/mol. The maximum Gasteiger partial charge on any atom is 0.170 e. The summed E-state index contributed by atoms with van der Waals surface area (Å²) in [7, 11) is 1.43. The van der Waals surface area contributed by atoms with Crippen LogP contribution in [0.2, 0.25) is 0 Å². The number of ether oxygens (including phenoxy) is 1. The first-order valence-electron chi connectivity index (χ1n) is 6.64. The zero-order chi connectivity index (χ0) is 14.8. The number of nitrogens with zero attached hydrogens (tertiary/aromatic N) is 1. The molecule has 3 aromatic rings. The fourth-order valence-electron chi connectivity index (χ4n) is 2.34. The van der Waals surface area contributed by atoms with Gasteiger partial charge in [0.1, 0.15) is 0 Å². The normalized spacial score (nSPS) is 12.3. The Labute approximate surface area is 122 Å². The molecule has 2 aromatic carbocycles. The van der Waals surface area contributed by atoms with Gasteiger partial charge in [-0.3, -0.25) is 4.98 Å². The lowest BCUT2D eigenvalue weighted by molar-refractivity contribution is 0.383. The molecule has 0 bridgehead atoms. The Kier molecular flexibility index (Phi) is 3.54. The molecule has 0 aliphatic carbocycles. The van der Waals surface area contributed by atoms with Crippen molar-refractivity contribution in [1.29, 1.82) is 0 Å². The number of aromatic nitrogens is 1. The highest BCUT2D eigenvalue weighted by atomic mass is 19.1. The van der Waals surface area contributed by atoms with Crippen LogP contribution in [0.3, 0.4) is 0 Å². The summed E-state index contributed by atoms with van der Waals surface area (Å²) in [6.07, 6.45) is 0. The van der Waals surface area contributed by atoms with Crippen molar-refractivity contribution in [2.75, 3.05) is 7.11 Å². The Morgan fingerprint density at radius 2 is 1.86 bits per heavy atom. The zero-order valence-electron chi connectivity index (χ0n) is 11.6. The highest BCUT2D eigenvalue weighted by Gasteiger charge is 2.18. The second-order valence-electron chi connectivity index (χ2n) is 4.77. The fourth-order valence-corrected chi connectivity index (χ4v) is 2.34. The molecule has 0 spiro atoms. The third-order valence-electron chi connectivity index (χ3n) is 3.49. The van der Waals surface area contributed by atoms with E-state index in [1.54, 1.807) is 18.2 Å². The molecule has 3 nitrogen and oxygen atoms in total. The predicted molar refractivity (Wildman–Crippen MR) is 80.7 cm³/mol. The molecule has 0 radical (unpaired) electrons. The van der Waals surface area contributed by atoms with Gasteiger partial charge >= 0.3 is 0 Å². The van der Waals surface area contributed by atoms with E-state index >= 15 is 0 Å². The molecule has 0 fully saturated rings. The summed E-state index contributed by atoms with van der Waals surface area (Å²) in [6.45, 7) is 0. The van der Waals surface area contributed by atoms with Crippen LogP contribution >= 0.6 is 0 Å². The smallest absolute Gasteiger partial charge is 0.170 e. The molecule has 2 N–H and O–H groups in total. The van der Waals surface area contributed by atoms with Gasteiger partial charge in [-0.2, -0.15) is 0 Å². The average Bonchev–Trinajstić information content (AvgIpc) is 2.54. The number of benzene rings is 2. The number of pyridine rings is 1. The van der Waals surface area contributed by atoms with E-state index in [1.165, 1.54) is 7.11 Å². The molecule has 0 saturated carbocycles. The van der Waals surface area contributed by atoms with Gasteiger partial charge < -0.3 is 10.5 Å². The second-order valence-corrected chi connectivity index (χ2v) is 4.77. The van der Waals surface area contributed by atoms with Gasteiger partial charge in [0.2, 0.25) is 0 Å². The largest absolute Gasteiger partial charge is 0.494 e. The molecule has 1 heterocycles. The first kappa shape index (κ1) is 13.5. The van der Waals surface area contributed by atoms with E-state index in [9.17, 15) is 4.39 Å². The molecular weight excluding hydrogens is 267 g/mol. The Balaban J connectivity index is 2.06. The van der Waals surface area contributed by atoms with Crippen molar-refractivity contribution in [2.24, 2.45) is 5.73 Å². The molecular formula is C17H15FN2O. The Hall–Kier alpha value is -2.46. The topological polar surface area (TPSA) is 48.1 Å². The van der Waals surface area contributed by atoms with Gasteiger partial charge in [-0.05, 0) is 18.2 Å². The number of hydrogen-bond acceptors (Lipinski definition) is 3. The number of methoxy groups -OCH3 is 1. The van der Waals surface area contributed by atoms with Gasteiger partial charge in [-0.25, -0.2) is 4.39 Å². The van der Waals surface area contributed by atoms with Crippen molar-refractivity contribution >= 4 is 10.9 Å². The van der Waals surface area contributed by atoms with E-state index in [0.717, 1.165) is 10.9 Å². The lowest BCUT2D eigenvalue weighted by atomic mass is 10.0. The van der Waals surface area contributed by atoms with Crippen LogP contribution in [-0.2, 0) is 0 Å². The van der Waals surface area contributed by atoms with Crippen molar-refractivity contribution in [1.82, 2.24) is 4.98 Å². The van der Waals surface area contributed by atoms with Gasteiger partial charge in [-0.15, -0.1) is 0 Å². The van der Waals surface area contributed by atoms with Crippen molar-refractivity contribution < 1.29 is 9.13 Å². The van der Waals surface area contributed by atoms with Crippen molar-refractivity contribution in [2.45, 2.75) is 6.04 Å². The maximum atomic E-state index is 14.3. The van der Waals surface area contributed by atoms with E-state index in [1.807, 2.05) is 36.4 Å². The van der Waals surface area contributed by atoms with Gasteiger partial charge in [0.05, 0.1) is 24.4 Å². The minimum absolute atomic E-state index is 0.184. The van der Waals surface area contributed by atoms with Crippen LogP contribution in [-0.4, -0.2) is 12.1 Å². The third kappa shape index (κ3) is 2.45. The van der Waals surface area contributed by atoms with Crippen LogP contribution in [0.25, 0.3) is 10.9 Å². The Morgan fingerprint density at radius 3 is 2.67 bits per heavy atom. The van der Waals surface area contributed by atoms with E-state index in [-0.39, 0.29) is 5.75 Å². The molecule has 0 saturated heterocycles. The van der Waals surface area contributed by atoms with Crippen LogP contribution in [0, 0.1) is 5.82 Å². The zero-order valence-corrected chi connectivity index (χ0v) is 11.6. The lowest BCUT2D eigenvalue weighted by Crippen LogP contribution is -2.15. The summed E-state index contributed by atoms with van der Waals surface area (Å²) in [4.78, 5) is 4.52. The minimum Gasteiger partial charge on any atom is -0.494 e. The predicted octanol–water partition coefficient (Wildman–Crippen LogP) is 3.43. The molecule has 0 aliphatic heterocycles. The van der Waals surface area contributed by atoms with Crippen LogP contribution in [0.4, 0.5) is 4.39 Å². The minimum atomic E-state index is -0.635. The van der Waals surface area contributed by atoms with Gasteiger partial charge in [0, 0.05) is 10.9 Å². The Bertz CT molecular complexity index is 789. The summed E-state index contributed by atoms with van der Waals surface area (Å²) in [5, 5.41) is 1.03. The number of fused-ring (bicyclic) bond motifs is 1. The summed E-state index contributed by atoms with van der Waals surface area (Å²) < 4.78 is 19.3. The quantitative estimate of drug-likeness (QED) is 0.800. The highest BCUT2D eigenvalue weighted by Crippen LogP contribution is 2.27. The second kappa shape index (κ2) is 5.50. The first-order valence-corrected chi connectivity index (χ1v) is 6.64. The molecule has 0 amide bonds. The van der Waals surface area contributed by atoms with Crippen molar-refractivity contribution in [3.05, 3.63) is 71.7 Å². The molecule has 3 rings (SSSR count). The van der Waals surface area contributed by atoms with E-state index < -0.39 is 11.9 Å². The van der Waals surface area contributed by atoms with Gasteiger partial charge in [0.15, 0.2) is 11.6 Å². The van der Waals surface area contributed by atoms with Crippen LogP contribution in [0.1, 0.15) is 17.3 Å². The van der Waals surface area contributed by atoms with Crippen LogP contribution in [0.5, 0.6) is 5.75 Å². The van der Waals surface area contributed by atoms with E-state index in [0.29, 0.717) is 11.3 Å². The SMILES string of the molecule is COc1cccc(C(N)c2ccc3ccccc3n2)c1F. The third-order valence-corrected chi connectivity index (χ3v) is 3.49. The van der Waals surface area contributed by atoms with Crippen LogP contribution in [0.15, 0.2) is 54.6 Å². The summed E-state index contributed by atoms with van der Waals surface area (Å²) in [5.41, 5.74) is 8.01. The molecule has 1 aromatic heterocycles. The first-order chi connectivity index (χ1) is 10.2. The van der Waals surface area contributed by atoms with Crippen molar-refractivity contribution in [3.8, 4) is 5.75 Å². The molecule has 106 valence electrons. The number of rotatable bonds is 3. The number of halogens is 1. The summed E-state index contributed by atoms with van der Waals surface area (Å²) in [5.74, 6) is -0.258. The number of nitrogens with two attached hydrogens (primary N) is 1. The van der Waals surface area contributed by atoms with E-state index in [2.05, 4.69) is 4.98 Å². The summed E-state index contributed by atoms with van der Waals surface area (Å²) >= 11 is 0. The molecule has 4 heteroatoms. The molecule has 1 unspecified atom stereocenters.